The van der Waals surface area contributed by atoms with E-state index in [4.69, 9.17) is 0 Å². The Kier molecular flexibility index (Phi) is 5.10. The highest BCUT2D eigenvalue weighted by atomic mass is 19.4. The maximum atomic E-state index is 13.7. The molecule has 1 N–H and O–H groups in total. The second-order valence-corrected chi connectivity index (χ2v) is 9.72. The van der Waals surface area contributed by atoms with Crippen LogP contribution in [-0.2, 0) is 19.6 Å². The fraction of sp³-hybridized carbons (Fsp3) is 0.308. The number of imidazole rings is 1. The Morgan fingerprint density at radius 2 is 1.71 bits per heavy atom. The molecule has 0 amide bonds. The van der Waals surface area contributed by atoms with E-state index >= 15 is 0 Å². The average Bonchev–Trinajstić information content (AvgIpc) is 3.55. The van der Waals surface area contributed by atoms with Crippen molar-refractivity contribution in [1.29, 1.82) is 0 Å². The minimum Gasteiger partial charge on any atom is -0.477 e. The molecule has 0 aliphatic heterocycles. The first-order valence-electron chi connectivity index (χ1n) is 12.0. The number of carbonyl (C=O) groups is 1. The third kappa shape index (κ3) is 3.46. The second-order valence-electron chi connectivity index (χ2n) is 9.72. The number of fused-ring (bicyclic) bond motifs is 2. The zero-order valence-corrected chi connectivity index (χ0v) is 20.0. The van der Waals surface area contributed by atoms with E-state index in [0.29, 0.717) is 11.0 Å². The maximum Gasteiger partial charge on any atom is 0.416 e. The molecule has 1 saturated carbocycles. The highest BCUT2D eigenvalue weighted by Gasteiger charge is 2.38. The van der Waals surface area contributed by atoms with Gasteiger partial charge >= 0.3 is 23.5 Å². The number of halogens is 3. The predicted octanol–water partition coefficient (Wildman–Crippen LogP) is 3.24. The van der Waals surface area contributed by atoms with E-state index in [1.807, 2.05) is 0 Å². The largest absolute Gasteiger partial charge is 0.477 e. The molecule has 0 bridgehead atoms. The number of carboxylic acid groups (broad SMARTS) is 1. The molecule has 0 radical (unpaired) electrons. The number of alkyl halides is 3. The third-order valence-electron chi connectivity index (χ3n) is 7.47. The van der Waals surface area contributed by atoms with Gasteiger partial charge in [-0.15, -0.1) is 0 Å². The average molecular weight is 526 g/mol. The molecule has 2 aliphatic rings. The van der Waals surface area contributed by atoms with Crippen LogP contribution >= 0.6 is 0 Å². The second kappa shape index (κ2) is 8.07. The van der Waals surface area contributed by atoms with Gasteiger partial charge in [-0.1, -0.05) is 12.1 Å². The van der Waals surface area contributed by atoms with Crippen LogP contribution in [0.15, 0.2) is 57.0 Å². The summed E-state index contributed by atoms with van der Waals surface area (Å²) in [6, 6.07) is 7.30. The lowest BCUT2D eigenvalue weighted by Crippen LogP contribution is -2.43. The molecule has 196 valence electrons. The van der Waals surface area contributed by atoms with Crippen LogP contribution in [0.1, 0.15) is 58.4 Å². The van der Waals surface area contributed by atoms with Crippen LogP contribution < -0.4 is 16.9 Å². The van der Waals surface area contributed by atoms with Gasteiger partial charge in [-0.2, -0.15) is 13.2 Å². The monoisotopic (exact) mass is 526 g/mol. The Hall–Kier alpha value is -4.35. The number of benzene rings is 2. The molecule has 2 heterocycles. The van der Waals surface area contributed by atoms with E-state index in [1.54, 1.807) is 23.7 Å². The SMILES string of the molecule is Cn1c(=O)n(C2CC2)c2cc(-n3cc(C(=O)O)c(=O)n([C@@H]4CCc5c4cccc5C(F)(F)F)c3=O)ccc21. The molecule has 2 aromatic carbocycles. The predicted molar refractivity (Wildman–Crippen MR) is 130 cm³/mol. The van der Waals surface area contributed by atoms with E-state index in [1.165, 1.54) is 22.8 Å². The fourth-order valence-electron chi connectivity index (χ4n) is 5.54. The number of nitrogens with zero attached hydrogens (tertiary/aromatic N) is 4. The molecule has 12 heteroatoms. The number of hydrogen-bond acceptors (Lipinski definition) is 4. The smallest absolute Gasteiger partial charge is 0.416 e. The maximum absolute atomic E-state index is 13.7. The number of carboxylic acids is 1. The van der Waals surface area contributed by atoms with Gasteiger partial charge in [0.2, 0.25) is 0 Å². The Labute approximate surface area is 211 Å². The number of aromatic carboxylic acids is 1. The van der Waals surface area contributed by atoms with Crippen molar-refractivity contribution in [2.24, 2.45) is 7.05 Å². The molecule has 4 aromatic rings. The van der Waals surface area contributed by atoms with Crippen LogP contribution in [0.3, 0.4) is 0 Å². The zero-order valence-electron chi connectivity index (χ0n) is 20.0. The minimum absolute atomic E-state index is 0.0114. The molecule has 1 atom stereocenters. The Morgan fingerprint density at radius 3 is 2.37 bits per heavy atom. The van der Waals surface area contributed by atoms with E-state index in [9.17, 15) is 37.5 Å². The quantitative estimate of drug-likeness (QED) is 0.439. The van der Waals surface area contributed by atoms with Gasteiger partial charge in [-0.25, -0.2) is 14.4 Å². The molecule has 2 aromatic heterocycles. The van der Waals surface area contributed by atoms with Crippen molar-refractivity contribution < 1.29 is 23.1 Å². The summed E-state index contributed by atoms with van der Waals surface area (Å²) in [5.74, 6) is -1.57. The highest BCUT2D eigenvalue weighted by Crippen LogP contribution is 2.41. The molecular weight excluding hydrogens is 505 g/mol. The van der Waals surface area contributed by atoms with Gasteiger partial charge in [0.25, 0.3) is 5.56 Å². The van der Waals surface area contributed by atoms with Crippen molar-refractivity contribution in [3.8, 4) is 5.69 Å². The molecule has 38 heavy (non-hydrogen) atoms. The van der Waals surface area contributed by atoms with Crippen molar-refractivity contribution in [2.75, 3.05) is 0 Å². The topological polar surface area (TPSA) is 108 Å². The molecule has 0 saturated heterocycles. The lowest BCUT2D eigenvalue weighted by atomic mass is 10.0. The minimum atomic E-state index is -4.61. The van der Waals surface area contributed by atoms with Crippen molar-refractivity contribution in [1.82, 2.24) is 18.3 Å². The summed E-state index contributed by atoms with van der Waals surface area (Å²) < 4.78 is 45.7. The van der Waals surface area contributed by atoms with E-state index < -0.39 is 40.6 Å². The van der Waals surface area contributed by atoms with Crippen molar-refractivity contribution in [3.05, 3.63) is 96.2 Å². The summed E-state index contributed by atoms with van der Waals surface area (Å²) in [5.41, 5.74) is -2.18. The summed E-state index contributed by atoms with van der Waals surface area (Å²) in [5, 5.41) is 9.75. The molecule has 1 fully saturated rings. The number of aryl methyl sites for hydroxylation is 1. The Bertz CT molecular complexity index is 1840. The van der Waals surface area contributed by atoms with Gasteiger partial charge in [0.05, 0.1) is 28.3 Å². The van der Waals surface area contributed by atoms with Gasteiger partial charge in [0, 0.05) is 19.3 Å². The molecular formula is C26H21F3N4O5. The Morgan fingerprint density at radius 1 is 0.974 bits per heavy atom. The van der Waals surface area contributed by atoms with Gasteiger partial charge in [-0.05, 0) is 61.1 Å². The first-order chi connectivity index (χ1) is 18.0. The van der Waals surface area contributed by atoms with Crippen LogP contribution in [0.5, 0.6) is 0 Å². The molecule has 0 spiro atoms. The van der Waals surface area contributed by atoms with Crippen LogP contribution in [0, 0.1) is 0 Å². The van der Waals surface area contributed by atoms with Crippen LogP contribution in [0.4, 0.5) is 13.2 Å². The molecule has 0 unspecified atom stereocenters. The van der Waals surface area contributed by atoms with Crippen molar-refractivity contribution >= 4 is 17.0 Å². The van der Waals surface area contributed by atoms with E-state index in [0.717, 1.165) is 34.2 Å². The van der Waals surface area contributed by atoms with E-state index in [-0.39, 0.29) is 41.4 Å². The van der Waals surface area contributed by atoms with E-state index in [2.05, 4.69) is 0 Å². The first-order valence-corrected chi connectivity index (χ1v) is 12.0. The van der Waals surface area contributed by atoms with Crippen LogP contribution in [0.25, 0.3) is 16.7 Å². The standard InChI is InChI=1S/C26H21F3N4O5/c1-30-20-9-7-14(11-21(20)32(24(30)37)13-5-6-13)31-12-17(23(35)36)22(34)33(25(31)38)19-10-8-15-16(19)3-2-4-18(15)26(27,28)29/h2-4,7,9,11-13,19H,5-6,8,10H2,1H3,(H,35,36)/t19-/m1/s1. The zero-order chi connectivity index (χ0) is 27.1. The summed E-state index contributed by atoms with van der Waals surface area (Å²) in [6.45, 7) is 0. The summed E-state index contributed by atoms with van der Waals surface area (Å²) in [7, 11) is 1.63. The normalized spacial score (nSPS) is 17.2. The molecule has 9 nitrogen and oxygen atoms in total. The summed E-state index contributed by atoms with van der Waals surface area (Å²) in [4.78, 5) is 51.7. The van der Waals surface area contributed by atoms with Crippen LogP contribution in [-0.4, -0.2) is 29.3 Å². The van der Waals surface area contributed by atoms with Crippen LogP contribution in [0.2, 0.25) is 0 Å². The summed E-state index contributed by atoms with van der Waals surface area (Å²) in [6.07, 6.45) is -2.02. The molecule has 6 rings (SSSR count). The van der Waals surface area contributed by atoms with Gasteiger partial charge < -0.3 is 5.11 Å². The van der Waals surface area contributed by atoms with Gasteiger partial charge in [0.15, 0.2) is 0 Å². The number of aromatic nitrogens is 4. The number of hydrogen-bond donors (Lipinski definition) is 1. The first kappa shape index (κ1) is 24.0. The highest BCUT2D eigenvalue weighted by molar-refractivity contribution is 5.87. The number of rotatable bonds is 4. The van der Waals surface area contributed by atoms with Crippen molar-refractivity contribution in [2.45, 2.75) is 43.9 Å². The summed E-state index contributed by atoms with van der Waals surface area (Å²) >= 11 is 0. The van der Waals surface area contributed by atoms with Gasteiger partial charge in [-0.3, -0.25) is 23.1 Å². The van der Waals surface area contributed by atoms with Gasteiger partial charge in [0.1, 0.15) is 5.56 Å². The lowest BCUT2D eigenvalue weighted by molar-refractivity contribution is -0.138. The molecule has 2 aliphatic carbocycles. The fourth-order valence-corrected chi connectivity index (χ4v) is 5.54. The Balaban J connectivity index is 1.59. The lowest BCUT2D eigenvalue weighted by Gasteiger charge is -2.19. The van der Waals surface area contributed by atoms with Crippen molar-refractivity contribution in [3.63, 3.8) is 0 Å². The third-order valence-corrected chi connectivity index (χ3v) is 7.47.